The Labute approximate surface area is 99.4 Å². The molecule has 15 heavy (non-hydrogen) atoms. The molecule has 6 heteroatoms. The second-order valence-corrected chi connectivity index (χ2v) is 4.16. The molecular formula is C9H11F3INO. The van der Waals surface area contributed by atoms with Gasteiger partial charge in [0.15, 0.2) is 3.77 Å². The van der Waals surface area contributed by atoms with Gasteiger partial charge < -0.3 is 9.73 Å². The second-order valence-electron chi connectivity index (χ2n) is 3.10. The zero-order chi connectivity index (χ0) is 11.3. The normalized spacial score (nSPS) is 12.0. The van der Waals surface area contributed by atoms with Crippen LogP contribution in [0.2, 0.25) is 0 Å². The summed E-state index contributed by atoms with van der Waals surface area (Å²) >= 11 is 2.04. The van der Waals surface area contributed by atoms with Gasteiger partial charge in [0.1, 0.15) is 5.76 Å². The summed E-state index contributed by atoms with van der Waals surface area (Å²) in [5, 5.41) is 2.89. The van der Waals surface area contributed by atoms with Crippen LogP contribution in [0.4, 0.5) is 13.2 Å². The number of rotatable bonds is 5. The molecule has 1 aromatic rings. The van der Waals surface area contributed by atoms with Crippen molar-refractivity contribution in [2.45, 2.75) is 25.6 Å². The lowest BCUT2D eigenvalue weighted by Gasteiger charge is -2.06. The first-order chi connectivity index (χ1) is 6.97. The van der Waals surface area contributed by atoms with Crippen molar-refractivity contribution in [2.75, 3.05) is 6.54 Å². The van der Waals surface area contributed by atoms with E-state index in [1.54, 1.807) is 6.07 Å². The van der Waals surface area contributed by atoms with Crippen molar-refractivity contribution in [1.82, 2.24) is 5.32 Å². The van der Waals surface area contributed by atoms with Crippen LogP contribution in [0.25, 0.3) is 0 Å². The van der Waals surface area contributed by atoms with Gasteiger partial charge in [-0.1, -0.05) is 0 Å². The zero-order valence-corrected chi connectivity index (χ0v) is 10.1. The summed E-state index contributed by atoms with van der Waals surface area (Å²) in [6.45, 7) is 0.817. The molecule has 0 radical (unpaired) electrons. The summed E-state index contributed by atoms with van der Waals surface area (Å²) in [5.41, 5.74) is 0. The van der Waals surface area contributed by atoms with E-state index in [2.05, 4.69) is 5.32 Å². The maximum absolute atomic E-state index is 11.8. The van der Waals surface area contributed by atoms with Crippen molar-refractivity contribution in [3.8, 4) is 0 Å². The molecule has 0 aliphatic carbocycles. The maximum atomic E-state index is 11.8. The van der Waals surface area contributed by atoms with Crippen molar-refractivity contribution in [3.63, 3.8) is 0 Å². The monoisotopic (exact) mass is 333 g/mol. The zero-order valence-electron chi connectivity index (χ0n) is 7.90. The molecule has 0 unspecified atom stereocenters. The van der Waals surface area contributed by atoms with Gasteiger partial charge in [-0.15, -0.1) is 0 Å². The van der Waals surface area contributed by atoms with Gasteiger partial charge in [-0.3, -0.25) is 0 Å². The van der Waals surface area contributed by atoms with Crippen LogP contribution in [-0.4, -0.2) is 12.7 Å². The molecule has 1 heterocycles. The van der Waals surface area contributed by atoms with Crippen LogP contribution in [-0.2, 0) is 6.54 Å². The van der Waals surface area contributed by atoms with Crippen molar-refractivity contribution in [1.29, 1.82) is 0 Å². The predicted molar refractivity (Wildman–Crippen MR) is 58.4 cm³/mol. The van der Waals surface area contributed by atoms with Gasteiger partial charge in [0, 0.05) is 6.42 Å². The topological polar surface area (TPSA) is 25.2 Å². The molecule has 1 rings (SSSR count). The molecule has 1 N–H and O–H groups in total. The molecule has 0 saturated heterocycles. The van der Waals surface area contributed by atoms with Crippen LogP contribution in [0.5, 0.6) is 0 Å². The second kappa shape index (κ2) is 5.74. The fourth-order valence-electron chi connectivity index (χ4n) is 1.07. The lowest BCUT2D eigenvalue weighted by Crippen LogP contribution is -2.17. The average Bonchev–Trinajstić information content (AvgIpc) is 2.49. The molecule has 0 saturated carbocycles. The van der Waals surface area contributed by atoms with Gasteiger partial charge in [-0.25, -0.2) is 0 Å². The van der Waals surface area contributed by atoms with Crippen molar-refractivity contribution in [2.24, 2.45) is 0 Å². The Morgan fingerprint density at radius 2 is 2.07 bits per heavy atom. The fraction of sp³-hybridized carbons (Fsp3) is 0.556. The smallest absolute Gasteiger partial charge is 0.389 e. The number of hydrogen-bond donors (Lipinski definition) is 1. The minimum atomic E-state index is -4.05. The third kappa shape index (κ3) is 6.03. The lowest BCUT2D eigenvalue weighted by atomic mass is 10.3. The summed E-state index contributed by atoms with van der Waals surface area (Å²) in [5.74, 6) is 0.742. The van der Waals surface area contributed by atoms with Crippen LogP contribution >= 0.6 is 22.6 Å². The van der Waals surface area contributed by atoms with Crippen LogP contribution in [0, 0.1) is 3.77 Å². The van der Waals surface area contributed by atoms with Gasteiger partial charge in [0.05, 0.1) is 6.54 Å². The molecule has 0 amide bonds. The van der Waals surface area contributed by atoms with E-state index in [4.69, 9.17) is 4.42 Å². The van der Waals surface area contributed by atoms with Gasteiger partial charge in [-0.05, 0) is 47.7 Å². The average molecular weight is 333 g/mol. The third-order valence-corrected chi connectivity index (χ3v) is 2.32. The SMILES string of the molecule is FC(F)(F)CCCNCc1ccc(I)o1. The first-order valence-electron chi connectivity index (χ1n) is 4.49. The predicted octanol–water partition coefficient (Wildman–Crippen LogP) is 3.32. The molecule has 0 fully saturated rings. The molecule has 0 bridgehead atoms. The standard InChI is InChI=1S/C9H11F3INO/c10-9(11,12)4-1-5-14-6-7-2-3-8(13)15-7/h2-3,14H,1,4-6H2. The number of hydrogen-bond acceptors (Lipinski definition) is 2. The molecule has 1 aromatic heterocycles. The Kier molecular flexibility index (Phi) is 4.91. The van der Waals surface area contributed by atoms with Crippen LogP contribution in [0.1, 0.15) is 18.6 Å². The van der Waals surface area contributed by atoms with Gasteiger partial charge in [0.2, 0.25) is 0 Å². The molecule has 0 aliphatic heterocycles. The molecule has 0 atom stereocenters. The molecule has 0 aliphatic rings. The first kappa shape index (κ1) is 12.8. The van der Waals surface area contributed by atoms with Crippen molar-refractivity contribution < 1.29 is 17.6 Å². The van der Waals surface area contributed by atoms with E-state index in [-0.39, 0.29) is 6.42 Å². The van der Waals surface area contributed by atoms with E-state index in [0.29, 0.717) is 13.1 Å². The van der Waals surface area contributed by atoms with E-state index >= 15 is 0 Å². The first-order valence-corrected chi connectivity index (χ1v) is 5.57. The third-order valence-electron chi connectivity index (χ3n) is 1.74. The van der Waals surface area contributed by atoms with E-state index in [1.807, 2.05) is 28.7 Å². The van der Waals surface area contributed by atoms with Crippen LogP contribution in [0.15, 0.2) is 16.5 Å². The largest absolute Gasteiger partial charge is 0.454 e. The van der Waals surface area contributed by atoms with Crippen molar-refractivity contribution in [3.05, 3.63) is 21.7 Å². The highest BCUT2D eigenvalue weighted by Crippen LogP contribution is 2.20. The van der Waals surface area contributed by atoms with Crippen LogP contribution < -0.4 is 5.32 Å². The molecule has 0 spiro atoms. The summed E-state index contributed by atoms with van der Waals surface area (Å²) in [6.07, 6.45) is -4.70. The molecule has 86 valence electrons. The highest BCUT2D eigenvalue weighted by atomic mass is 127. The quantitative estimate of drug-likeness (QED) is 0.661. The lowest BCUT2D eigenvalue weighted by molar-refractivity contribution is -0.135. The number of halogens is 4. The summed E-state index contributed by atoms with van der Waals surface area (Å²) in [6, 6.07) is 3.62. The Hall–Kier alpha value is -0.240. The number of alkyl halides is 3. The van der Waals surface area contributed by atoms with Gasteiger partial charge in [0.25, 0.3) is 0 Å². The summed E-state index contributed by atoms with van der Waals surface area (Å²) < 4.78 is 41.3. The van der Waals surface area contributed by atoms with E-state index < -0.39 is 12.6 Å². The highest BCUT2D eigenvalue weighted by Gasteiger charge is 2.25. The summed E-state index contributed by atoms with van der Waals surface area (Å²) in [4.78, 5) is 0. The minimum Gasteiger partial charge on any atom is -0.454 e. The molecular weight excluding hydrogens is 322 g/mol. The Balaban J connectivity index is 2.07. The highest BCUT2D eigenvalue weighted by molar-refractivity contribution is 14.1. The van der Waals surface area contributed by atoms with Crippen LogP contribution in [0.3, 0.4) is 0 Å². The maximum Gasteiger partial charge on any atom is 0.389 e. The van der Waals surface area contributed by atoms with E-state index in [0.717, 1.165) is 9.53 Å². The Bertz CT molecular complexity index is 298. The fourth-order valence-corrected chi connectivity index (χ4v) is 1.53. The van der Waals surface area contributed by atoms with Gasteiger partial charge >= 0.3 is 6.18 Å². The number of furan rings is 1. The minimum absolute atomic E-state index is 0.0985. The number of nitrogens with one attached hydrogen (secondary N) is 1. The summed E-state index contributed by atoms with van der Waals surface area (Å²) in [7, 11) is 0. The van der Waals surface area contributed by atoms with Gasteiger partial charge in [-0.2, -0.15) is 13.2 Å². The molecule has 2 nitrogen and oxygen atoms in total. The Morgan fingerprint density at radius 1 is 1.33 bits per heavy atom. The van der Waals surface area contributed by atoms with E-state index in [1.165, 1.54) is 0 Å². The van der Waals surface area contributed by atoms with E-state index in [9.17, 15) is 13.2 Å². The Morgan fingerprint density at radius 3 is 2.60 bits per heavy atom. The molecule has 0 aromatic carbocycles. The van der Waals surface area contributed by atoms with Crippen molar-refractivity contribution >= 4 is 22.6 Å².